The predicted octanol–water partition coefficient (Wildman–Crippen LogP) is 3.09. The molecule has 2 aromatic rings. The van der Waals surface area contributed by atoms with Crippen LogP contribution in [0.4, 0.5) is 0 Å². The first-order valence-corrected chi connectivity index (χ1v) is 4.49. The van der Waals surface area contributed by atoms with Crippen LogP contribution in [0.3, 0.4) is 0 Å². The van der Waals surface area contributed by atoms with Gasteiger partial charge in [-0.2, -0.15) is 0 Å². The Labute approximate surface area is 78.6 Å². The Balaban J connectivity index is 2.59. The fourth-order valence-electron chi connectivity index (χ4n) is 1.57. The molecular formula is C12H13N. The van der Waals surface area contributed by atoms with E-state index in [9.17, 15) is 0 Å². The maximum absolute atomic E-state index is 2.20. The molecular weight excluding hydrogens is 158 g/mol. The second-order valence-electron chi connectivity index (χ2n) is 3.31. The quantitative estimate of drug-likeness (QED) is 0.621. The van der Waals surface area contributed by atoms with Crippen LogP contribution in [-0.2, 0) is 0 Å². The summed E-state index contributed by atoms with van der Waals surface area (Å²) in [5.74, 6) is 0. The van der Waals surface area contributed by atoms with Crippen LogP contribution in [0.15, 0.2) is 42.6 Å². The SMILES string of the molecule is Cc1ccccc1-n1cccc1C. The van der Waals surface area contributed by atoms with Gasteiger partial charge in [0.1, 0.15) is 0 Å². The van der Waals surface area contributed by atoms with Crippen LogP contribution < -0.4 is 0 Å². The highest BCUT2D eigenvalue weighted by Gasteiger charge is 2.00. The van der Waals surface area contributed by atoms with Crippen molar-refractivity contribution in [3.05, 3.63) is 53.9 Å². The number of rotatable bonds is 1. The van der Waals surface area contributed by atoms with E-state index in [0.29, 0.717) is 0 Å². The van der Waals surface area contributed by atoms with Crippen LogP contribution in [0.2, 0.25) is 0 Å². The molecule has 1 heterocycles. The van der Waals surface area contributed by atoms with Crippen molar-refractivity contribution in [1.29, 1.82) is 0 Å². The summed E-state index contributed by atoms with van der Waals surface area (Å²) < 4.78 is 2.20. The van der Waals surface area contributed by atoms with Crippen molar-refractivity contribution < 1.29 is 0 Å². The third kappa shape index (κ3) is 1.37. The lowest BCUT2D eigenvalue weighted by atomic mass is 10.2. The molecule has 0 atom stereocenters. The Bertz CT molecular complexity index is 413. The highest BCUT2D eigenvalue weighted by molar-refractivity contribution is 5.41. The largest absolute Gasteiger partial charge is 0.321 e. The van der Waals surface area contributed by atoms with Crippen LogP contribution in [-0.4, -0.2) is 4.57 Å². The maximum atomic E-state index is 2.20. The molecule has 0 fully saturated rings. The third-order valence-electron chi connectivity index (χ3n) is 2.33. The molecule has 1 nitrogen and oxygen atoms in total. The number of aromatic nitrogens is 1. The van der Waals surface area contributed by atoms with Crippen LogP contribution >= 0.6 is 0 Å². The van der Waals surface area contributed by atoms with Gasteiger partial charge in [0.15, 0.2) is 0 Å². The first-order valence-electron chi connectivity index (χ1n) is 4.49. The van der Waals surface area contributed by atoms with Crippen molar-refractivity contribution >= 4 is 0 Å². The van der Waals surface area contributed by atoms with Gasteiger partial charge in [-0.3, -0.25) is 0 Å². The van der Waals surface area contributed by atoms with E-state index in [-0.39, 0.29) is 0 Å². The summed E-state index contributed by atoms with van der Waals surface area (Å²) in [6.07, 6.45) is 2.09. The second-order valence-corrected chi connectivity index (χ2v) is 3.31. The number of hydrogen-bond acceptors (Lipinski definition) is 0. The molecule has 0 saturated heterocycles. The monoisotopic (exact) mass is 171 g/mol. The van der Waals surface area contributed by atoms with Crippen molar-refractivity contribution in [2.24, 2.45) is 0 Å². The summed E-state index contributed by atoms with van der Waals surface area (Å²) in [6.45, 7) is 4.25. The smallest absolute Gasteiger partial charge is 0.0481 e. The molecule has 1 aromatic heterocycles. The molecule has 0 aliphatic heterocycles. The highest BCUT2D eigenvalue weighted by atomic mass is 15.0. The zero-order chi connectivity index (χ0) is 9.26. The molecule has 0 aliphatic carbocycles. The fraction of sp³-hybridized carbons (Fsp3) is 0.167. The number of aryl methyl sites for hydroxylation is 2. The number of hydrogen-bond donors (Lipinski definition) is 0. The van der Waals surface area contributed by atoms with Gasteiger partial charge in [-0.25, -0.2) is 0 Å². The molecule has 0 spiro atoms. The second kappa shape index (κ2) is 3.09. The van der Waals surface area contributed by atoms with Gasteiger partial charge in [0.25, 0.3) is 0 Å². The van der Waals surface area contributed by atoms with Crippen LogP contribution in [0.5, 0.6) is 0 Å². The van der Waals surface area contributed by atoms with Crippen molar-refractivity contribution in [3.63, 3.8) is 0 Å². The van der Waals surface area contributed by atoms with E-state index in [0.717, 1.165) is 0 Å². The normalized spacial score (nSPS) is 10.3. The minimum atomic E-state index is 1.27. The van der Waals surface area contributed by atoms with Gasteiger partial charge >= 0.3 is 0 Å². The van der Waals surface area contributed by atoms with Gasteiger partial charge in [-0.15, -0.1) is 0 Å². The van der Waals surface area contributed by atoms with Gasteiger partial charge in [-0.05, 0) is 37.6 Å². The summed E-state index contributed by atoms with van der Waals surface area (Å²) in [7, 11) is 0. The maximum Gasteiger partial charge on any atom is 0.0481 e. The summed E-state index contributed by atoms with van der Waals surface area (Å²) in [6, 6.07) is 12.6. The van der Waals surface area contributed by atoms with Crippen molar-refractivity contribution in [2.75, 3.05) is 0 Å². The molecule has 0 aliphatic rings. The van der Waals surface area contributed by atoms with Crippen molar-refractivity contribution in [2.45, 2.75) is 13.8 Å². The zero-order valence-electron chi connectivity index (χ0n) is 7.99. The van der Waals surface area contributed by atoms with Gasteiger partial charge in [0, 0.05) is 17.6 Å². The van der Waals surface area contributed by atoms with Gasteiger partial charge in [-0.1, -0.05) is 18.2 Å². The number of benzene rings is 1. The molecule has 0 unspecified atom stereocenters. The Kier molecular flexibility index (Phi) is 1.93. The van der Waals surface area contributed by atoms with E-state index in [1.54, 1.807) is 0 Å². The average Bonchev–Trinajstić information content (AvgIpc) is 2.52. The van der Waals surface area contributed by atoms with Crippen molar-refractivity contribution in [3.8, 4) is 5.69 Å². The van der Waals surface area contributed by atoms with Crippen LogP contribution in [0.1, 0.15) is 11.3 Å². The van der Waals surface area contributed by atoms with Gasteiger partial charge in [0.2, 0.25) is 0 Å². The Hall–Kier alpha value is -1.50. The number of nitrogens with zero attached hydrogens (tertiary/aromatic N) is 1. The van der Waals surface area contributed by atoms with E-state index in [1.807, 2.05) is 0 Å². The first-order chi connectivity index (χ1) is 6.29. The topological polar surface area (TPSA) is 4.93 Å². The lowest BCUT2D eigenvalue weighted by Gasteiger charge is -2.08. The minimum absolute atomic E-state index is 1.27. The van der Waals surface area contributed by atoms with E-state index in [2.05, 4.69) is 61.0 Å². The lowest BCUT2D eigenvalue weighted by molar-refractivity contribution is 1.00. The van der Waals surface area contributed by atoms with Crippen molar-refractivity contribution in [1.82, 2.24) is 4.57 Å². The zero-order valence-corrected chi connectivity index (χ0v) is 7.99. The Morgan fingerprint density at radius 3 is 2.31 bits per heavy atom. The average molecular weight is 171 g/mol. The molecule has 1 aromatic carbocycles. The fourth-order valence-corrected chi connectivity index (χ4v) is 1.57. The molecule has 66 valence electrons. The summed E-state index contributed by atoms with van der Waals surface area (Å²) in [5, 5.41) is 0. The molecule has 13 heavy (non-hydrogen) atoms. The minimum Gasteiger partial charge on any atom is -0.321 e. The molecule has 0 N–H and O–H groups in total. The van der Waals surface area contributed by atoms with Gasteiger partial charge in [0.05, 0.1) is 0 Å². The lowest BCUT2D eigenvalue weighted by Crippen LogP contribution is -1.96. The number of para-hydroxylation sites is 1. The standard InChI is InChI=1S/C12H13N/c1-10-6-3-4-8-12(10)13-9-5-7-11(13)2/h3-9H,1-2H3. The molecule has 0 radical (unpaired) electrons. The predicted molar refractivity (Wildman–Crippen MR) is 55.2 cm³/mol. The summed E-state index contributed by atoms with van der Waals surface area (Å²) in [4.78, 5) is 0. The molecule has 0 amide bonds. The summed E-state index contributed by atoms with van der Waals surface area (Å²) >= 11 is 0. The van der Waals surface area contributed by atoms with E-state index in [4.69, 9.17) is 0 Å². The molecule has 0 saturated carbocycles. The Morgan fingerprint density at radius 2 is 1.69 bits per heavy atom. The molecule has 0 bridgehead atoms. The molecule has 2 rings (SSSR count). The van der Waals surface area contributed by atoms with Crippen LogP contribution in [0, 0.1) is 13.8 Å². The van der Waals surface area contributed by atoms with E-state index < -0.39 is 0 Å². The van der Waals surface area contributed by atoms with Gasteiger partial charge < -0.3 is 4.57 Å². The van der Waals surface area contributed by atoms with Crippen LogP contribution in [0.25, 0.3) is 5.69 Å². The highest BCUT2D eigenvalue weighted by Crippen LogP contribution is 2.15. The third-order valence-corrected chi connectivity index (χ3v) is 2.33. The summed E-state index contributed by atoms with van der Waals surface area (Å²) in [5.41, 5.74) is 3.85. The Morgan fingerprint density at radius 1 is 0.923 bits per heavy atom. The molecule has 1 heteroatoms. The van der Waals surface area contributed by atoms with E-state index >= 15 is 0 Å². The van der Waals surface area contributed by atoms with E-state index in [1.165, 1.54) is 16.9 Å². The first kappa shape index (κ1) is 8.11.